The van der Waals surface area contributed by atoms with Crippen molar-refractivity contribution in [3.05, 3.63) is 24.3 Å². The van der Waals surface area contributed by atoms with Gasteiger partial charge in [0.2, 0.25) is 0 Å². The van der Waals surface area contributed by atoms with Crippen molar-refractivity contribution in [2.24, 2.45) is 11.7 Å². The van der Waals surface area contributed by atoms with Crippen LogP contribution in [0.4, 0.5) is 5.69 Å². The molecule has 1 aliphatic heterocycles. The van der Waals surface area contributed by atoms with Crippen LogP contribution in [0.25, 0.3) is 0 Å². The fourth-order valence-corrected chi connectivity index (χ4v) is 3.11. The normalized spacial score (nSPS) is 16.7. The van der Waals surface area contributed by atoms with Crippen molar-refractivity contribution < 1.29 is 4.74 Å². The third kappa shape index (κ3) is 3.03. The van der Waals surface area contributed by atoms with E-state index in [0.717, 1.165) is 25.3 Å². The van der Waals surface area contributed by atoms with Crippen molar-refractivity contribution in [3.8, 4) is 5.75 Å². The molecule has 106 valence electrons. The SMILES string of the molecule is CCC(CC)C(CN)N1CCCOc2ccccc21. The summed E-state index contributed by atoms with van der Waals surface area (Å²) in [6, 6.07) is 8.76. The molecule has 1 aromatic rings. The van der Waals surface area contributed by atoms with Crippen molar-refractivity contribution in [2.75, 3.05) is 24.6 Å². The average Bonchev–Trinajstić information content (AvgIpc) is 2.67. The maximum atomic E-state index is 6.08. The first-order chi connectivity index (χ1) is 9.31. The molecule has 0 fully saturated rings. The van der Waals surface area contributed by atoms with Crippen molar-refractivity contribution in [2.45, 2.75) is 39.2 Å². The standard InChI is InChI=1S/C16H26N2O/c1-3-13(4-2)15(12-17)18-10-7-11-19-16-9-6-5-8-14(16)18/h5-6,8-9,13,15H,3-4,7,10-12,17H2,1-2H3. The summed E-state index contributed by atoms with van der Waals surface area (Å²) < 4.78 is 5.84. The summed E-state index contributed by atoms with van der Waals surface area (Å²) in [6.45, 7) is 7.07. The van der Waals surface area contributed by atoms with Gasteiger partial charge in [0.05, 0.1) is 12.3 Å². The summed E-state index contributed by atoms with van der Waals surface area (Å²) in [4.78, 5) is 2.47. The van der Waals surface area contributed by atoms with Gasteiger partial charge in [0.25, 0.3) is 0 Å². The Morgan fingerprint density at radius 3 is 2.68 bits per heavy atom. The van der Waals surface area contributed by atoms with Crippen LogP contribution in [-0.4, -0.2) is 25.7 Å². The zero-order valence-electron chi connectivity index (χ0n) is 12.1. The van der Waals surface area contributed by atoms with E-state index in [1.165, 1.54) is 18.5 Å². The molecule has 2 rings (SSSR count). The van der Waals surface area contributed by atoms with Crippen LogP contribution in [-0.2, 0) is 0 Å². The van der Waals surface area contributed by atoms with Crippen molar-refractivity contribution in [1.29, 1.82) is 0 Å². The highest BCUT2D eigenvalue weighted by Crippen LogP contribution is 2.34. The predicted molar refractivity (Wildman–Crippen MR) is 80.8 cm³/mol. The molecule has 0 aromatic heterocycles. The van der Waals surface area contributed by atoms with Gasteiger partial charge < -0.3 is 15.4 Å². The summed E-state index contributed by atoms with van der Waals surface area (Å²) in [5.41, 5.74) is 7.29. The molecule has 1 unspecified atom stereocenters. The number of para-hydroxylation sites is 2. The van der Waals surface area contributed by atoms with Gasteiger partial charge in [0.1, 0.15) is 5.75 Å². The third-order valence-electron chi connectivity index (χ3n) is 4.21. The van der Waals surface area contributed by atoms with Crippen LogP contribution in [0.1, 0.15) is 33.1 Å². The van der Waals surface area contributed by atoms with Gasteiger partial charge in [-0.3, -0.25) is 0 Å². The van der Waals surface area contributed by atoms with Gasteiger partial charge in [0.15, 0.2) is 0 Å². The zero-order chi connectivity index (χ0) is 13.7. The van der Waals surface area contributed by atoms with Crippen molar-refractivity contribution >= 4 is 5.69 Å². The van der Waals surface area contributed by atoms with Crippen LogP contribution in [0.5, 0.6) is 5.75 Å². The van der Waals surface area contributed by atoms with Gasteiger partial charge in [0, 0.05) is 19.1 Å². The predicted octanol–water partition coefficient (Wildman–Crippen LogP) is 3.04. The van der Waals surface area contributed by atoms with Gasteiger partial charge in [-0.1, -0.05) is 38.8 Å². The molecular formula is C16H26N2O. The van der Waals surface area contributed by atoms with Gasteiger partial charge in [-0.05, 0) is 24.5 Å². The highest BCUT2D eigenvalue weighted by Gasteiger charge is 2.27. The zero-order valence-corrected chi connectivity index (χ0v) is 12.1. The number of hydrogen-bond donors (Lipinski definition) is 1. The van der Waals surface area contributed by atoms with E-state index in [0.29, 0.717) is 18.5 Å². The van der Waals surface area contributed by atoms with Crippen LogP contribution in [0, 0.1) is 5.92 Å². The quantitative estimate of drug-likeness (QED) is 0.886. The number of nitrogens with two attached hydrogens (primary N) is 1. The van der Waals surface area contributed by atoms with Crippen LogP contribution >= 0.6 is 0 Å². The van der Waals surface area contributed by atoms with Gasteiger partial charge in [-0.2, -0.15) is 0 Å². The van der Waals surface area contributed by atoms with E-state index in [1.807, 2.05) is 6.07 Å². The lowest BCUT2D eigenvalue weighted by Crippen LogP contribution is -2.46. The number of anilines is 1. The fraction of sp³-hybridized carbons (Fsp3) is 0.625. The number of rotatable bonds is 5. The first kappa shape index (κ1) is 14.2. The lowest BCUT2D eigenvalue weighted by molar-refractivity contribution is 0.320. The largest absolute Gasteiger partial charge is 0.491 e. The Kier molecular flexibility index (Phi) is 5.08. The second kappa shape index (κ2) is 6.80. The number of ether oxygens (including phenoxy) is 1. The number of hydrogen-bond acceptors (Lipinski definition) is 3. The Morgan fingerprint density at radius 2 is 2.00 bits per heavy atom. The third-order valence-corrected chi connectivity index (χ3v) is 4.21. The molecule has 1 atom stereocenters. The lowest BCUT2D eigenvalue weighted by atomic mass is 9.92. The van der Waals surface area contributed by atoms with Crippen LogP contribution in [0.2, 0.25) is 0 Å². The molecule has 3 nitrogen and oxygen atoms in total. The fourth-order valence-electron chi connectivity index (χ4n) is 3.11. The molecule has 0 bridgehead atoms. The first-order valence-electron chi connectivity index (χ1n) is 7.50. The molecule has 0 spiro atoms. The maximum Gasteiger partial charge on any atom is 0.142 e. The Morgan fingerprint density at radius 1 is 1.26 bits per heavy atom. The molecule has 0 amide bonds. The maximum absolute atomic E-state index is 6.08. The Labute approximate surface area is 116 Å². The number of fused-ring (bicyclic) bond motifs is 1. The summed E-state index contributed by atoms with van der Waals surface area (Å²) in [5, 5.41) is 0. The molecule has 1 aromatic carbocycles. The Hall–Kier alpha value is -1.22. The molecule has 3 heteroatoms. The monoisotopic (exact) mass is 262 g/mol. The number of nitrogens with zero attached hydrogens (tertiary/aromatic N) is 1. The van der Waals surface area contributed by atoms with Gasteiger partial charge in [-0.15, -0.1) is 0 Å². The van der Waals surface area contributed by atoms with E-state index in [1.54, 1.807) is 0 Å². The summed E-state index contributed by atoms with van der Waals surface area (Å²) in [7, 11) is 0. The Bertz CT molecular complexity index is 390. The average molecular weight is 262 g/mol. The van der Waals surface area contributed by atoms with Crippen molar-refractivity contribution in [1.82, 2.24) is 0 Å². The first-order valence-corrected chi connectivity index (χ1v) is 7.50. The van der Waals surface area contributed by atoms with Crippen LogP contribution < -0.4 is 15.4 Å². The molecule has 1 aliphatic rings. The highest BCUT2D eigenvalue weighted by molar-refractivity contribution is 5.59. The van der Waals surface area contributed by atoms with Crippen molar-refractivity contribution in [3.63, 3.8) is 0 Å². The van der Waals surface area contributed by atoms with E-state index in [4.69, 9.17) is 10.5 Å². The molecule has 0 saturated carbocycles. The minimum Gasteiger partial charge on any atom is -0.491 e. The van der Waals surface area contributed by atoms with E-state index in [2.05, 4.69) is 36.9 Å². The van der Waals surface area contributed by atoms with E-state index in [9.17, 15) is 0 Å². The molecule has 2 N–H and O–H groups in total. The lowest BCUT2D eigenvalue weighted by Gasteiger charge is -2.37. The summed E-state index contributed by atoms with van der Waals surface area (Å²) >= 11 is 0. The topological polar surface area (TPSA) is 38.5 Å². The Balaban J connectivity index is 2.31. The molecule has 0 radical (unpaired) electrons. The summed E-state index contributed by atoms with van der Waals surface area (Å²) in [6.07, 6.45) is 3.42. The van der Waals surface area contributed by atoms with E-state index in [-0.39, 0.29) is 0 Å². The van der Waals surface area contributed by atoms with E-state index < -0.39 is 0 Å². The minimum absolute atomic E-state index is 0.415. The smallest absolute Gasteiger partial charge is 0.142 e. The van der Waals surface area contributed by atoms with E-state index >= 15 is 0 Å². The highest BCUT2D eigenvalue weighted by atomic mass is 16.5. The van der Waals surface area contributed by atoms with Crippen LogP contribution in [0.15, 0.2) is 24.3 Å². The molecule has 0 saturated heterocycles. The second-order valence-corrected chi connectivity index (χ2v) is 5.24. The molecule has 0 aliphatic carbocycles. The van der Waals surface area contributed by atoms with Crippen LogP contribution in [0.3, 0.4) is 0 Å². The molecule has 19 heavy (non-hydrogen) atoms. The molecular weight excluding hydrogens is 236 g/mol. The van der Waals surface area contributed by atoms with Gasteiger partial charge in [-0.25, -0.2) is 0 Å². The minimum atomic E-state index is 0.415. The second-order valence-electron chi connectivity index (χ2n) is 5.24. The molecule has 1 heterocycles. The summed E-state index contributed by atoms with van der Waals surface area (Å²) in [5.74, 6) is 1.65. The van der Waals surface area contributed by atoms with Gasteiger partial charge >= 0.3 is 0 Å². The number of benzene rings is 1.